The van der Waals surface area contributed by atoms with E-state index in [-0.39, 0.29) is 36.3 Å². The Kier molecular flexibility index (Phi) is 7.43. The van der Waals surface area contributed by atoms with Crippen molar-refractivity contribution in [2.24, 2.45) is 11.7 Å². The van der Waals surface area contributed by atoms with Crippen LogP contribution in [0.3, 0.4) is 0 Å². The molecule has 6 heteroatoms. The van der Waals surface area contributed by atoms with Crippen LogP contribution >= 0.6 is 24.0 Å². The fourth-order valence-electron chi connectivity index (χ4n) is 2.80. The molecule has 0 spiro atoms. The SMILES string of the molecule is Cl.NCC1CCCCC1NC(=O)Cc1c(F)cccc1Cl. The van der Waals surface area contributed by atoms with Crippen molar-refractivity contribution < 1.29 is 9.18 Å². The first-order chi connectivity index (χ1) is 9.61. The third kappa shape index (κ3) is 4.83. The lowest BCUT2D eigenvalue weighted by Crippen LogP contribution is -2.45. The van der Waals surface area contributed by atoms with Crippen molar-refractivity contribution in [2.45, 2.75) is 38.1 Å². The number of nitrogens with two attached hydrogens (primary N) is 1. The number of rotatable bonds is 4. The lowest BCUT2D eigenvalue weighted by molar-refractivity contribution is -0.121. The van der Waals surface area contributed by atoms with Crippen LogP contribution in [0.15, 0.2) is 18.2 Å². The van der Waals surface area contributed by atoms with Crippen molar-refractivity contribution in [3.8, 4) is 0 Å². The van der Waals surface area contributed by atoms with Crippen LogP contribution < -0.4 is 11.1 Å². The molecule has 1 saturated carbocycles. The number of halogens is 3. The predicted molar refractivity (Wildman–Crippen MR) is 85.3 cm³/mol. The molecule has 0 aliphatic heterocycles. The molecule has 3 N–H and O–H groups in total. The highest BCUT2D eigenvalue weighted by molar-refractivity contribution is 6.31. The summed E-state index contributed by atoms with van der Waals surface area (Å²) in [6.07, 6.45) is 4.22. The Morgan fingerprint density at radius 1 is 1.38 bits per heavy atom. The maximum atomic E-state index is 13.6. The van der Waals surface area contributed by atoms with Gasteiger partial charge in [0.15, 0.2) is 0 Å². The normalized spacial score (nSPS) is 21.5. The molecule has 21 heavy (non-hydrogen) atoms. The van der Waals surface area contributed by atoms with Crippen molar-refractivity contribution in [1.82, 2.24) is 5.32 Å². The van der Waals surface area contributed by atoms with Crippen LogP contribution in [0.1, 0.15) is 31.2 Å². The van der Waals surface area contributed by atoms with E-state index in [1.165, 1.54) is 12.1 Å². The van der Waals surface area contributed by atoms with Crippen molar-refractivity contribution >= 4 is 29.9 Å². The van der Waals surface area contributed by atoms with E-state index in [1.54, 1.807) is 6.07 Å². The van der Waals surface area contributed by atoms with E-state index in [0.717, 1.165) is 25.7 Å². The Labute approximate surface area is 135 Å². The van der Waals surface area contributed by atoms with Crippen molar-refractivity contribution in [3.05, 3.63) is 34.6 Å². The van der Waals surface area contributed by atoms with Crippen LogP contribution in [0.4, 0.5) is 4.39 Å². The van der Waals surface area contributed by atoms with Gasteiger partial charge in [-0.1, -0.05) is 30.5 Å². The third-order valence-electron chi connectivity index (χ3n) is 3.96. The third-order valence-corrected chi connectivity index (χ3v) is 4.31. The highest BCUT2D eigenvalue weighted by atomic mass is 35.5. The van der Waals surface area contributed by atoms with Gasteiger partial charge in [-0.2, -0.15) is 0 Å². The van der Waals surface area contributed by atoms with Gasteiger partial charge in [0, 0.05) is 16.6 Å². The maximum absolute atomic E-state index is 13.6. The molecule has 1 aliphatic rings. The van der Waals surface area contributed by atoms with Gasteiger partial charge in [0.2, 0.25) is 5.91 Å². The Hall–Kier alpha value is -0.840. The van der Waals surface area contributed by atoms with E-state index >= 15 is 0 Å². The van der Waals surface area contributed by atoms with E-state index in [4.69, 9.17) is 17.3 Å². The summed E-state index contributed by atoms with van der Waals surface area (Å²) in [4.78, 5) is 12.1. The summed E-state index contributed by atoms with van der Waals surface area (Å²) in [7, 11) is 0. The molecule has 1 amide bonds. The summed E-state index contributed by atoms with van der Waals surface area (Å²) >= 11 is 5.93. The molecule has 0 saturated heterocycles. The molecule has 0 bridgehead atoms. The van der Waals surface area contributed by atoms with Gasteiger partial charge in [-0.3, -0.25) is 4.79 Å². The second kappa shape index (κ2) is 8.57. The van der Waals surface area contributed by atoms with Crippen LogP contribution in [0.2, 0.25) is 5.02 Å². The second-order valence-corrected chi connectivity index (χ2v) is 5.74. The predicted octanol–water partition coefficient (Wildman–Crippen LogP) is 3.08. The summed E-state index contributed by atoms with van der Waals surface area (Å²) in [5.74, 6) is -0.308. The molecule has 1 fully saturated rings. The van der Waals surface area contributed by atoms with E-state index in [1.807, 2.05) is 0 Å². The monoisotopic (exact) mass is 334 g/mol. The molecular formula is C15H21Cl2FN2O. The van der Waals surface area contributed by atoms with Crippen molar-refractivity contribution in [2.75, 3.05) is 6.54 Å². The lowest BCUT2D eigenvalue weighted by Gasteiger charge is -2.31. The summed E-state index contributed by atoms with van der Waals surface area (Å²) in [6.45, 7) is 0.575. The highest BCUT2D eigenvalue weighted by Gasteiger charge is 2.25. The Morgan fingerprint density at radius 2 is 2.10 bits per heavy atom. The summed E-state index contributed by atoms with van der Waals surface area (Å²) in [5.41, 5.74) is 5.99. The molecule has 0 heterocycles. The van der Waals surface area contributed by atoms with E-state index < -0.39 is 5.82 Å². The molecule has 1 aromatic carbocycles. The van der Waals surface area contributed by atoms with Crippen LogP contribution in [-0.4, -0.2) is 18.5 Å². The molecule has 0 radical (unpaired) electrons. The van der Waals surface area contributed by atoms with Crippen molar-refractivity contribution in [3.63, 3.8) is 0 Å². The molecule has 2 unspecified atom stereocenters. The van der Waals surface area contributed by atoms with Gasteiger partial charge < -0.3 is 11.1 Å². The molecule has 0 aromatic heterocycles. The van der Waals surface area contributed by atoms with Crippen LogP contribution in [0, 0.1) is 11.7 Å². The van der Waals surface area contributed by atoms with Crippen LogP contribution in [-0.2, 0) is 11.2 Å². The molecular weight excluding hydrogens is 314 g/mol. The minimum absolute atomic E-state index is 0. The minimum atomic E-state index is -0.438. The second-order valence-electron chi connectivity index (χ2n) is 5.33. The van der Waals surface area contributed by atoms with Crippen molar-refractivity contribution in [1.29, 1.82) is 0 Å². The first-order valence-electron chi connectivity index (χ1n) is 7.04. The summed E-state index contributed by atoms with van der Waals surface area (Å²) in [6, 6.07) is 4.55. The zero-order valence-corrected chi connectivity index (χ0v) is 13.4. The van der Waals surface area contributed by atoms with Gasteiger partial charge in [-0.05, 0) is 37.4 Å². The summed E-state index contributed by atoms with van der Waals surface area (Å²) < 4.78 is 13.6. The van der Waals surface area contributed by atoms with E-state index in [0.29, 0.717) is 17.5 Å². The van der Waals surface area contributed by atoms with Crippen LogP contribution in [0.25, 0.3) is 0 Å². The summed E-state index contributed by atoms with van der Waals surface area (Å²) in [5, 5.41) is 3.27. The molecule has 118 valence electrons. The van der Waals surface area contributed by atoms with Gasteiger partial charge in [-0.25, -0.2) is 4.39 Å². The van der Waals surface area contributed by atoms with Gasteiger partial charge in [0.25, 0.3) is 0 Å². The lowest BCUT2D eigenvalue weighted by atomic mass is 9.84. The zero-order chi connectivity index (χ0) is 14.5. The Bertz CT molecular complexity index is 464. The highest BCUT2D eigenvalue weighted by Crippen LogP contribution is 2.24. The number of hydrogen-bond acceptors (Lipinski definition) is 2. The molecule has 1 aliphatic carbocycles. The van der Waals surface area contributed by atoms with Gasteiger partial charge in [-0.15, -0.1) is 12.4 Å². The number of hydrogen-bond donors (Lipinski definition) is 2. The number of benzene rings is 1. The molecule has 2 atom stereocenters. The quantitative estimate of drug-likeness (QED) is 0.888. The fraction of sp³-hybridized carbons (Fsp3) is 0.533. The first-order valence-corrected chi connectivity index (χ1v) is 7.42. The smallest absolute Gasteiger partial charge is 0.224 e. The Morgan fingerprint density at radius 3 is 2.76 bits per heavy atom. The zero-order valence-electron chi connectivity index (χ0n) is 11.8. The van der Waals surface area contributed by atoms with Gasteiger partial charge in [0.1, 0.15) is 5.82 Å². The molecule has 3 nitrogen and oxygen atoms in total. The standard InChI is InChI=1S/C15H20ClFN2O.ClH/c16-12-5-3-6-13(17)11(12)8-15(20)19-14-7-2-1-4-10(14)9-18;/h3,5-6,10,14H,1-2,4,7-9,18H2,(H,19,20);1H. The van der Waals surface area contributed by atoms with Gasteiger partial charge >= 0.3 is 0 Å². The fourth-order valence-corrected chi connectivity index (χ4v) is 3.03. The topological polar surface area (TPSA) is 55.1 Å². The average molecular weight is 335 g/mol. The van der Waals surface area contributed by atoms with Crippen LogP contribution in [0.5, 0.6) is 0 Å². The molecule has 2 rings (SSSR count). The first kappa shape index (κ1) is 18.2. The number of carbonyl (C=O) groups excluding carboxylic acids is 1. The average Bonchev–Trinajstić information content (AvgIpc) is 2.44. The number of carbonyl (C=O) groups is 1. The number of amides is 1. The molecule has 1 aromatic rings. The van der Waals surface area contributed by atoms with E-state index in [9.17, 15) is 9.18 Å². The minimum Gasteiger partial charge on any atom is -0.353 e. The largest absolute Gasteiger partial charge is 0.353 e. The van der Waals surface area contributed by atoms with E-state index in [2.05, 4.69) is 5.32 Å². The Balaban J connectivity index is 0.00000220. The maximum Gasteiger partial charge on any atom is 0.224 e. The number of nitrogens with one attached hydrogen (secondary N) is 1. The van der Waals surface area contributed by atoms with Gasteiger partial charge in [0.05, 0.1) is 6.42 Å².